The number of nitrogens with zero attached hydrogens (tertiary/aromatic N) is 1. The van der Waals surface area contributed by atoms with Gasteiger partial charge in [0.15, 0.2) is 0 Å². The number of hydrogen-bond acceptors (Lipinski definition) is 6. The van der Waals surface area contributed by atoms with E-state index in [0.29, 0.717) is 11.5 Å². The van der Waals surface area contributed by atoms with Crippen LogP contribution in [0.15, 0.2) is 41.3 Å². The fourth-order valence-corrected chi connectivity index (χ4v) is 4.27. The lowest BCUT2D eigenvalue weighted by molar-refractivity contribution is 0.101. The van der Waals surface area contributed by atoms with E-state index in [2.05, 4.69) is 0 Å². The molecule has 0 saturated carbocycles. The summed E-state index contributed by atoms with van der Waals surface area (Å²) in [7, 11) is 0.192. The van der Waals surface area contributed by atoms with Gasteiger partial charge in [0.05, 0.1) is 32.6 Å². The van der Waals surface area contributed by atoms with Gasteiger partial charge >= 0.3 is 0 Å². The van der Waals surface area contributed by atoms with Gasteiger partial charge in [-0.1, -0.05) is 0 Å². The normalized spacial score (nSPS) is 15.1. The van der Waals surface area contributed by atoms with Crippen LogP contribution in [0.1, 0.15) is 10.4 Å². The summed E-state index contributed by atoms with van der Waals surface area (Å²) in [5, 5.41) is 0. The molecule has 3 rings (SSSR count). The molecule has 1 amide bonds. The summed E-state index contributed by atoms with van der Waals surface area (Å²) < 4.78 is 41.8. The van der Waals surface area contributed by atoms with Crippen LogP contribution in [0.2, 0.25) is 0 Å². The lowest BCUT2D eigenvalue weighted by Crippen LogP contribution is -2.29. The zero-order valence-electron chi connectivity index (χ0n) is 13.3. The van der Waals surface area contributed by atoms with Gasteiger partial charge in [-0.25, -0.2) is 8.42 Å². The molecular weight excluding hydrogens is 334 g/mol. The minimum atomic E-state index is -4.07. The Balaban J connectivity index is 2.19. The Labute approximate surface area is 139 Å². The molecule has 0 N–H and O–H groups in total. The molecule has 1 aliphatic rings. The van der Waals surface area contributed by atoms with Crippen molar-refractivity contribution < 1.29 is 27.4 Å². The summed E-state index contributed by atoms with van der Waals surface area (Å²) in [5.41, 5.74) is 0.236. The van der Waals surface area contributed by atoms with Gasteiger partial charge in [0.1, 0.15) is 22.1 Å². The second-order valence-corrected chi connectivity index (χ2v) is 6.70. The number of fused-ring (bicyclic) bond motifs is 1. The molecule has 0 radical (unpaired) electrons. The number of anilines is 1. The van der Waals surface area contributed by atoms with Gasteiger partial charge in [-0.15, -0.1) is 0 Å². The molecule has 2 aromatic rings. The first-order valence-corrected chi connectivity index (χ1v) is 8.37. The average molecular weight is 349 g/mol. The first-order valence-electron chi connectivity index (χ1n) is 6.93. The zero-order chi connectivity index (χ0) is 17.5. The molecule has 7 nitrogen and oxygen atoms in total. The maximum Gasteiger partial charge on any atom is 0.275 e. The number of methoxy groups -OCH3 is 3. The van der Waals surface area contributed by atoms with Crippen molar-refractivity contribution in [2.45, 2.75) is 4.90 Å². The van der Waals surface area contributed by atoms with Crippen molar-refractivity contribution in [3.05, 3.63) is 42.0 Å². The van der Waals surface area contributed by atoms with Crippen LogP contribution in [-0.2, 0) is 10.0 Å². The molecule has 0 aromatic heterocycles. The summed E-state index contributed by atoms with van der Waals surface area (Å²) in [6, 6.07) is 8.99. The van der Waals surface area contributed by atoms with Crippen LogP contribution < -0.4 is 18.5 Å². The predicted molar refractivity (Wildman–Crippen MR) is 86.5 cm³/mol. The second kappa shape index (κ2) is 5.72. The topological polar surface area (TPSA) is 82.1 Å². The number of sulfonamides is 1. The third kappa shape index (κ3) is 2.26. The molecule has 0 bridgehead atoms. The molecule has 0 aliphatic carbocycles. The maximum atomic E-state index is 12.9. The van der Waals surface area contributed by atoms with Crippen molar-refractivity contribution in [2.75, 3.05) is 25.6 Å². The molecule has 1 heterocycles. The Hall–Kier alpha value is -2.74. The molecule has 0 unspecified atom stereocenters. The smallest absolute Gasteiger partial charge is 0.275 e. The summed E-state index contributed by atoms with van der Waals surface area (Å²) in [6.07, 6.45) is 0. The number of amides is 1. The lowest BCUT2D eigenvalue weighted by Gasteiger charge is -2.15. The van der Waals surface area contributed by atoms with Crippen LogP contribution in [0, 0.1) is 0 Å². The van der Waals surface area contributed by atoms with Crippen molar-refractivity contribution in [3.8, 4) is 17.2 Å². The fourth-order valence-electron chi connectivity index (χ4n) is 2.55. The first-order chi connectivity index (χ1) is 11.4. The Morgan fingerprint density at radius 2 is 1.50 bits per heavy atom. The predicted octanol–water partition coefficient (Wildman–Crippen LogP) is 2.06. The summed E-state index contributed by atoms with van der Waals surface area (Å²) in [6.45, 7) is 0. The van der Waals surface area contributed by atoms with Crippen LogP contribution >= 0.6 is 0 Å². The molecule has 0 saturated heterocycles. The van der Waals surface area contributed by atoms with E-state index < -0.39 is 15.9 Å². The first kappa shape index (κ1) is 16.1. The number of carbonyl (C=O) groups excluding carboxylic acids is 1. The average Bonchev–Trinajstić information content (AvgIpc) is 2.80. The summed E-state index contributed by atoms with van der Waals surface area (Å²) in [5.74, 6) is 0.298. The summed E-state index contributed by atoms with van der Waals surface area (Å²) >= 11 is 0. The zero-order valence-corrected chi connectivity index (χ0v) is 14.1. The van der Waals surface area contributed by atoms with Crippen LogP contribution in [0.5, 0.6) is 17.2 Å². The molecular formula is C16H15NO6S. The van der Waals surface area contributed by atoms with E-state index >= 15 is 0 Å². The van der Waals surface area contributed by atoms with Gasteiger partial charge in [-0.05, 0) is 30.3 Å². The van der Waals surface area contributed by atoms with Crippen LogP contribution in [0.25, 0.3) is 0 Å². The van der Waals surface area contributed by atoms with Crippen molar-refractivity contribution in [1.29, 1.82) is 0 Å². The minimum absolute atomic E-state index is 0.0158. The third-order valence-corrected chi connectivity index (χ3v) is 5.50. The van der Waals surface area contributed by atoms with Crippen LogP contribution in [-0.4, -0.2) is 35.7 Å². The van der Waals surface area contributed by atoms with Crippen molar-refractivity contribution in [1.82, 2.24) is 0 Å². The number of hydrogen-bond donors (Lipinski definition) is 0. The largest absolute Gasteiger partial charge is 0.497 e. The Kier molecular flexibility index (Phi) is 3.84. The van der Waals surface area contributed by atoms with E-state index in [0.717, 1.165) is 4.31 Å². The number of benzene rings is 2. The number of rotatable bonds is 4. The molecule has 24 heavy (non-hydrogen) atoms. The van der Waals surface area contributed by atoms with Crippen LogP contribution in [0.4, 0.5) is 5.69 Å². The van der Waals surface area contributed by atoms with Gasteiger partial charge in [0.2, 0.25) is 0 Å². The standard InChI is InChI=1S/C16H15NO6S/c1-21-11-6-4-10(5-7-11)17-16(18)13-8-12(22-2)9-14(23-3)15(13)24(17,19)20/h4-9H,1-3H3. The van der Waals surface area contributed by atoms with Gasteiger partial charge in [-0.2, -0.15) is 4.31 Å². The molecule has 2 aromatic carbocycles. The van der Waals surface area contributed by atoms with Gasteiger partial charge < -0.3 is 14.2 Å². The van der Waals surface area contributed by atoms with Crippen molar-refractivity contribution in [2.24, 2.45) is 0 Å². The summed E-state index contributed by atoms with van der Waals surface area (Å²) in [4.78, 5) is 12.5. The SMILES string of the molecule is COc1ccc(N2C(=O)c3cc(OC)cc(OC)c3S2(=O)=O)cc1. The van der Waals surface area contributed by atoms with Gasteiger partial charge in [-0.3, -0.25) is 4.79 Å². The van der Waals surface area contributed by atoms with E-state index in [9.17, 15) is 13.2 Å². The molecule has 0 fully saturated rings. The Morgan fingerprint density at radius 1 is 0.875 bits per heavy atom. The highest BCUT2D eigenvalue weighted by molar-refractivity contribution is 7.94. The fraction of sp³-hybridized carbons (Fsp3) is 0.188. The number of ether oxygens (including phenoxy) is 3. The Bertz CT molecular complexity index is 905. The number of carbonyl (C=O) groups is 1. The quantitative estimate of drug-likeness (QED) is 0.840. The molecule has 1 aliphatic heterocycles. The monoisotopic (exact) mass is 349 g/mol. The molecule has 0 atom stereocenters. The Morgan fingerprint density at radius 3 is 2.04 bits per heavy atom. The molecule has 0 spiro atoms. The van der Waals surface area contributed by atoms with E-state index in [1.807, 2.05) is 0 Å². The minimum Gasteiger partial charge on any atom is -0.497 e. The van der Waals surface area contributed by atoms with E-state index in [1.54, 1.807) is 12.1 Å². The van der Waals surface area contributed by atoms with Gasteiger partial charge in [0, 0.05) is 6.07 Å². The molecule has 8 heteroatoms. The highest BCUT2D eigenvalue weighted by atomic mass is 32.2. The van der Waals surface area contributed by atoms with Crippen LogP contribution in [0.3, 0.4) is 0 Å². The van der Waals surface area contributed by atoms with E-state index in [4.69, 9.17) is 14.2 Å². The maximum absolute atomic E-state index is 12.9. The van der Waals surface area contributed by atoms with E-state index in [1.165, 1.54) is 45.6 Å². The second-order valence-electron chi connectivity index (χ2n) is 4.98. The van der Waals surface area contributed by atoms with Gasteiger partial charge in [0.25, 0.3) is 15.9 Å². The van der Waals surface area contributed by atoms with E-state index in [-0.39, 0.29) is 21.9 Å². The lowest BCUT2D eigenvalue weighted by atomic mass is 10.1. The van der Waals surface area contributed by atoms with Crippen molar-refractivity contribution in [3.63, 3.8) is 0 Å². The third-order valence-electron chi connectivity index (χ3n) is 3.70. The highest BCUT2D eigenvalue weighted by Gasteiger charge is 2.45. The highest BCUT2D eigenvalue weighted by Crippen LogP contribution is 2.42. The molecule has 126 valence electrons. The van der Waals surface area contributed by atoms with Crippen molar-refractivity contribution >= 4 is 21.6 Å².